The molecule has 0 aromatic carbocycles. The molecule has 3 N–H and O–H groups in total. The average Bonchev–Trinajstić information content (AvgIpc) is 3.31. The van der Waals surface area contributed by atoms with E-state index in [1.54, 1.807) is 24.7 Å². The van der Waals surface area contributed by atoms with Crippen LogP contribution in [0.1, 0.15) is 52.1 Å². The Morgan fingerprint density at radius 1 is 1.33 bits per heavy atom. The van der Waals surface area contributed by atoms with Crippen LogP contribution in [0.25, 0.3) is 0 Å². The molecule has 0 saturated carbocycles. The van der Waals surface area contributed by atoms with Gasteiger partial charge in [-0.1, -0.05) is 0 Å². The molecule has 1 amide bonds. The van der Waals surface area contributed by atoms with E-state index in [4.69, 9.17) is 4.74 Å². The number of H-pyrrole nitrogens is 1. The monoisotopic (exact) mass is 390 g/mol. The van der Waals surface area contributed by atoms with E-state index in [9.17, 15) is 9.59 Å². The van der Waals surface area contributed by atoms with Crippen molar-refractivity contribution < 1.29 is 14.3 Å². The molecule has 0 spiro atoms. The Labute approximate surface area is 163 Å². The average molecular weight is 391 g/mol. The predicted octanol–water partition coefficient (Wildman–Crippen LogP) is 2.73. The molecule has 2 aromatic heterocycles. The van der Waals surface area contributed by atoms with Gasteiger partial charge in [-0.3, -0.25) is 14.6 Å². The van der Waals surface area contributed by atoms with E-state index in [0.717, 1.165) is 37.9 Å². The number of halogens is 1. The lowest BCUT2D eigenvalue weighted by Gasteiger charge is -2.16. The molecule has 7 nitrogen and oxygen atoms in total. The van der Waals surface area contributed by atoms with Gasteiger partial charge in [0, 0.05) is 36.6 Å². The highest BCUT2D eigenvalue weighted by Gasteiger charge is 2.26. The lowest BCUT2D eigenvalue weighted by atomic mass is 9.93. The molecule has 144 valence electrons. The van der Waals surface area contributed by atoms with Crippen LogP contribution in [-0.4, -0.2) is 40.9 Å². The Morgan fingerprint density at radius 3 is 3.04 bits per heavy atom. The number of pyridine rings is 1. The number of rotatable bonds is 5. The molecular weight excluding hydrogens is 368 g/mol. The number of ketones is 1. The second kappa shape index (κ2) is 8.54. The fraction of sp³-hybridized carbons (Fsp3) is 0.421. The van der Waals surface area contributed by atoms with Crippen LogP contribution in [0.5, 0.6) is 5.75 Å². The first-order valence-corrected chi connectivity index (χ1v) is 9.07. The number of amides is 1. The molecule has 0 bridgehead atoms. The van der Waals surface area contributed by atoms with Crippen LogP contribution < -0.4 is 15.4 Å². The number of carbonyl (C=O) groups is 2. The minimum atomic E-state index is -0.324. The van der Waals surface area contributed by atoms with Gasteiger partial charge in [0.2, 0.25) is 0 Å². The molecule has 1 aliphatic heterocycles. The fourth-order valence-electron chi connectivity index (χ4n) is 3.59. The number of aryl methyl sites for hydroxylation is 1. The fourth-order valence-corrected chi connectivity index (χ4v) is 3.59. The first kappa shape index (κ1) is 19.4. The number of hydrogen-bond donors (Lipinski definition) is 3. The molecule has 1 atom stereocenters. The van der Waals surface area contributed by atoms with Crippen molar-refractivity contribution >= 4 is 29.8 Å². The summed E-state index contributed by atoms with van der Waals surface area (Å²) in [6, 6.07) is 2.07. The van der Waals surface area contributed by atoms with Crippen LogP contribution in [0.4, 0.5) is 5.69 Å². The Morgan fingerprint density at radius 2 is 2.22 bits per heavy atom. The molecule has 8 heteroatoms. The summed E-state index contributed by atoms with van der Waals surface area (Å²) in [6.07, 6.45) is 9.16. The maximum atomic E-state index is 12.7. The summed E-state index contributed by atoms with van der Waals surface area (Å²) in [5.41, 5.74) is 2.27. The summed E-state index contributed by atoms with van der Waals surface area (Å²) in [6.45, 7) is 1.56. The maximum absolute atomic E-state index is 12.7. The number of nitrogens with zero attached hydrogens (tertiary/aromatic N) is 1. The maximum Gasteiger partial charge on any atom is 0.258 e. The minimum Gasteiger partial charge on any atom is -0.490 e. The molecule has 1 fully saturated rings. The second-order valence-electron chi connectivity index (χ2n) is 6.76. The van der Waals surface area contributed by atoms with E-state index in [2.05, 4.69) is 20.6 Å². The van der Waals surface area contributed by atoms with Gasteiger partial charge >= 0.3 is 0 Å². The van der Waals surface area contributed by atoms with Crippen molar-refractivity contribution in [3.63, 3.8) is 0 Å². The second-order valence-corrected chi connectivity index (χ2v) is 6.76. The quantitative estimate of drug-likeness (QED) is 0.729. The Bertz CT molecular complexity index is 830. The highest BCUT2D eigenvalue weighted by molar-refractivity contribution is 6.13. The van der Waals surface area contributed by atoms with E-state index in [1.165, 1.54) is 0 Å². The van der Waals surface area contributed by atoms with Crippen LogP contribution in [0, 0.1) is 0 Å². The van der Waals surface area contributed by atoms with Crippen molar-refractivity contribution in [1.82, 2.24) is 15.3 Å². The van der Waals surface area contributed by atoms with Gasteiger partial charge in [-0.2, -0.15) is 0 Å². The smallest absolute Gasteiger partial charge is 0.258 e. The highest BCUT2D eigenvalue weighted by atomic mass is 35.5. The Kier molecular flexibility index (Phi) is 6.13. The van der Waals surface area contributed by atoms with E-state index < -0.39 is 0 Å². The van der Waals surface area contributed by atoms with Crippen molar-refractivity contribution in [3.05, 3.63) is 41.5 Å². The Hall–Kier alpha value is -2.38. The number of aromatic amines is 1. The van der Waals surface area contributed by atoms with Gasteiger partial charge in [0.25, 0.3) is 5.91 Å². The highest BCUT2D eigenvalue weighted by Crippen LogP contribution is 2.27. The van der Waals surface area contributed by atoms with Gasteiger partial charge in [0.15, 0.2) is 5.78 Å². The third kappa shape index (κ3) is 4.14. The normalized spacial score (nSPS) is 18.5. The lowest BCUT2D eigenvalue weighted by molar-refractivity contribution is 0.0956. The molecule has 0 radical (unpaired) electrons. The van der Waals surface area contributed by atoms with E-state index in [-0.39, 0.29) is 24.1 Å². The zero-order valence-electron chi connectivity index (χ0n) is 14.9. The molecule has 2 aromatic rings. The predicted molar refractivity (Wildman–Crippen MR) is 104 cm³/mol. The number of aromatic nitrogens is 2. The molecule has 1 aliphatic carbocycles. The number of hydrogen-bond acceptors (Lipinski definition) is 5. The molecule has 2 aliphatic rings. The minimum absolute atomic E-state index is 0. The third-order valence-corrected chi connectivity index (χ3v) is 4.95. The molecule has 0 unspecified atom stereocenters. The summed E-state index contributed by atoms with van der Waals surface area (Å²) < 4.78 is 5.88. The zero-order valence-corrected chi connectivity index (χ0v) is 15.7. The van der Waals surface area contributed by atoms with Crippen molar-refractivity contribution in [2.75, 3.05) is 18.5 Å². The van der Waals surface area contributed by atoms with Crippen molar-refractivity contribution in [3.8, 4) is 5.75 Å². The Balaban J connectivity index is 0.00000210. The summed E-state index contributed by atoms with van der Waals surface area (Å²) in [7, 11) is 0. The van der Waals surface area contributed by atoms with Crippen LogP contribution in [0.15, 0.2) is 24.7 Å². The number of fused-ring (bicyclic) bond motifs is 1. The van der Waals surface area contributed by atoms with Gasteiger partial charge < -0.3 is 20.4 Å². The van der Waals surface area contributed by atoms with Crippen LogP contribution >= 0.6 is 12.4 Å². The molecule has 3 heterocycles. The number of nitrogens with one attached hydrogen (secondary N) is 3. The SMILES string of the molecule is Cl.O=C(Nc1cnccc1OC[C@H]1CCCN1)c1c[nH]c2c1C(=O)CCC2. The summed E-state index contributed by atoms with van der Waals surface area (Å²) >= 11 is 0. The van der Waals surface area contributed by atoms with Gasteiger partial charge in [-0.25, -0.2) is 0 Å². The number of carbonyl (C=O) groups excluding carboxylic acids is 2. The van der Waals surface area contributed by atoms with Crippen molar-refractivity contribution in [1.29, 1.82) is 0 Å². The van der Waals surface area contributed by atoms with Gasteiger partial charge in [0.1, 0.15) is 18.0 Å². The van der Waals surface area contributed by atoms with E-state index in [0.29, 0.717) is 41.6 Å². The zero-order chi connectivity index (χ0) is 17.9. The van der Waals surface area contributed by atoms with Crippen LogP contribution in [-0.2, 0) is 6.42 Å². The summed E-state index contributed by atoms with van der Waals surface area (Å²) in [5, 5.41) is 6.22. The molecule has 27 heavy (non-hydrogen) atoms. The van der Waals surface area contributed by atoms with E-state index in [1.807, 2.05) is 0 Å². The number of Topliss-reactive ketones (excluding diaryl/α,β-unsaturated/α-hetero) is 1. The van der Waals surface area contributed by atoms with Gasteiger partial charge in [0.05, 0.1) is 17.3 Å². The molecule has 4 rings (SSSR count). The number of ether oxygens (including phenoxy) is 1. The van der Waals surface area contributed by atoms with Crippen molar-refractivity contribution in [2.24, 2.45) is 0 Å². The summed E-state index contributed by atoms with van der Waals surface area (Å²) in [5.74, 6) is 0.278. The van der Waals surface area contributed by atoms with Crippen LogP contribution in [0.3, 0.4) is 0 Å². The van der Waals surface area contributed by atoms with Crippen molar-refractivity contribution in [2.45, 2.75) is 38.1 Å². The van der Waals surface area contributed by atoms with Gasteiger partial charge in [-0.15, -0.1) is 12.4 Å². The molecule has 1 saturated heterocycles. The van der Waals surface area contributed by atoms with Crippen LogP contribution in [0.2, 0.25) is 0 Å². The van der Waals surface area contributed by atoms with Gasteiger partial charge in [-0.05, 0) is 32.2 Å². The lowest BCUT2D eigenvalue weighted by Crippen LogP contribution is -2.28. The largest absolute Gasteiger partial charge is 0.490 e. The third-order valence-electron chi connectivity index (χ3n) is 4.95. The van der Waals surface area contributed by atoms with E-state index >= 15 is 0 Å². The standard InChI is InChI=1S/C19H22N4O3.ClH/c24-16-5-1-4-14-18(16)13(9-22-14)19(25)23-15-10-20-8-6-17(15)26-11-12-3-2-7-21-12;/h6,8-10,12,21-22H,1-5,7,11H2,(H,23,25);1H/t12-;/m1./s1. The molecular formula is C19H23ClN4O3. The number of anilines is 1. The first-order chi connectivity index (χ1) is 12.7. The summed E-state index contributed by atoms with van der Waals surface area (Å²) in [4.78, 5) is 32.1. The topological polar surface area (TPSA) is 96.1 Å². The first-order valence-electron chi connectivity index (χ1n) is 9.07.